The van der Waals surface area contributed by atoms with E-state index in [2.05, 4.69) is 20.2 Å². The van der Waals surface area contributed by atoms with Gasteiger partial charge >= 0.3 is 0 Å². The zero-order valence-corrected chi connectivity index (χ0v) is 12.0. The van der Waals surface area contributed by atoms with Crippen LogP contribution in [-0.2, 0) is 4.74 Å². The Hall–Kier alpha value is -2.54. The minimum atomic E-state index is 0.266. The molecule has 1 fully saturated rings. The number of morpholine rings is 1. The van der Waals surface area contributed by atoms with Crippen molar-refractivity contribution >= 4 is 17.5 Å². The zero-order valence-electron chi connectivity index (χ0n) is 12.0. The number of fused-ring (bicyclic) bond motifs is 1. The molecule has 0 amide bonds. The summed E-state index contributed by atoms with van der Waals surface area (Å²) in [4.78, 5) is 11.0. The van der Waals surface area contributed by atoms with Crippen LogP contribution in [0, 0.1) is 0 Å². The molecule has 2 aliphatic rings. The van der Waals surface area contributed by atoms with Crippen molar-refractivity contribution < 1.29 is 14.2 Å². The lowest BCUT2D eigenvalue weighted by molar-refractivity contribution is 0.122. The summed E-state index contributed by atoms with van der Waals surface area (Å²) in [5.41, 5.74) is 0.864. The van der Waals surface area contributed by atoms with Crippen LogP contribution in [0.25, 0.3) is 0 Å². The van der Waals surface area contributed by atoms with Crippen molar-refractivity contribution in [3.8, 4) is 11.5 Å². The quantitative estimate of drug-likeness (QED) is 0.926. The second-order valence-corrected chi connectivity index (χ2v) is 5.03. The molecule has 3 heterocycles. The molecular formula is C15H16N4O3. The molecule has 22 heavy (non-hydrogen) atoms. The molecule has 114 valence electrons. The second-order valence-electron chi connectivity index (χ2n) is 5.03. The summed E-state index contributed by atoms with van der Waals surface area (Å²) in [7, 11) is 0. The van der Waals surface area contributed by atoms with Gasteiger partial charge in [-0.3, -0.25) is 0 Å². The first-order chi connectivity index (χ1) is 10.9. The van der Waals surface area contributed by atoms with E-state index in [4.69, 9.17) is 14.2 Å². The van der Waals surface area contributed by atoms with Crippen LogP contribution in [0.1, 0.15) is 0 Å². The average molecular weight is 300 g/mol. The highest BCUT2D eigenvalue weighted by atomic mass is 16.7. The molecule has 1 aromatic heterocycles. The molecule has 0 radical (unpaired) electrons. The lowest BCUT2D eigenvalue weighted by Gasteiger charge is -2.27. The maximum absolute atomic E-state index is 5.37. The highest BCUT2D eigenvalue weighted by Crippen LogP contribution is 2.34. The van der Waals surface area contributed by atoms with E-state index >= 15 is 0 Å². The van der Waals surface area contributed by atoms with Gasteiger partial charge in [0.2, 0.25) is 12.7 Å². The Bertz CT molecular complexity index is 674. The molecule has 2 aromatic rings. The number of hydrogen-bond donors (Lipinski definition) is 1. The van der Waals surface area contributed by atoms with Gasteiger partial charge in [-0.05, 0) is 18.2 Å². The summed E-state index contributed by atoms with van der Waals surface area (Å²) in [6.07, 6.45) is 1.76. The fourth-order valence-corrected chi connectivity index (χ4v) is 2.48. The normalized spacial score (nSPS) is 16.6. The summed E-state index contributed by atoms with van der Waals surface area (Å²) in [5.74, 6) is 2.95. The molecule has 0 bridgehead atoms. The smallest absolute Gasteiger partial charge is 0.231 e. The number of nitrogens with zero attached hydrogens (tertiary/aromatic N) is 3. The van der Waals surface area contributed by atoms with Gasteiger partial charge < -0.3 is 24.4 Å². The highest BCUT2D eigenvalue weighted by molar-refractivity contribution is 5.61. The van der Waals surface area contributed by atoms with E-state index in [1.165, 1.54) is 0 Å². The first-order valence-electron chi connectivity index (χ1n) is 7.21. The molecule has 0 unspecified atom stereocenters. The monoisotopic (exact) mass is 300 g/mol. The van der Waals surface area contributed by atoms with Gasteiger partial charge in [0, 0.05) is 31.0 Å². The van der Waals surface area contributed by atoms with Gasteiger partial charge in [0.05, 0.1) is 13.2 Å². The molecule has 7 heteroatoms. The van der Waals surface area contributed by atoms with Crippen molar-refractivity contribution in [2.45, 2.75) is 0 Å². The fraction of sp³-hybridized carbons (Fsp3) is 0.333. The maximum atomic E-state index is 5.37. The van der Waals surface area contributed by atoms with Gasteiger partial charge in [-0.15, -0.1) is 0 Å². The Kier molecular flexibility index (Phi) is 3.40. The van der Waals surface area contributed by atoms with Crippen molar-refractivity contribution in [3.63, 3.8) is 0 Å². The van der Waals surface area contributed by atoms with Gasteiger partial charge in [0.15, 0.2) is 11.5 Å². The Morgan fingerprint density at radius 1 is 1.05 bits per heavy atom. The van der Waals surface area contributed by atoms with Crippen LogP contribution in [0.5, 0.6) is 11.5 Å². The fourth-order valence-electron chi connectivity index (χ4n) is 2.48. The average Bonchev–Trinajstić information content (AvgIpc) is 3.04. The summed E-state index contributed by atoms with van der Waals surface area (Å²) >= 11 is 0. The predicted octanol–water partition coefficient (Wildman–Crippen LogP) is 1.79. The summed E-state index contributed by atoms with van der Waals surface area (Å²) < 4.78 is 16.0. The predicted molar refractivity (Wildman–Crippen MR) is 80.9 cm³/mol. The first kappa shape index (κ1) is 13.1. The Morgan fingerprint density at radius 3 is 2.82 bits per heavy atom. The number of anilines is 3. The van der Waals surface area contributed by atoms with Crippen LogP contribution in [0.15, 0.2) is 30.5 Å². The van der Waals surface area contributed by atoms with Crippen molar-refractivity contribution in [2.24, 2.45) is 0 Å². The third-order valence-electron chi connectivity index (χ3n) is 3.60. The molecule has 7 nitrogen and oxygen atoms in total. The topological polar surface area (TPSA) is 68.7 Å². The van der Waals surface area contributed by atoms with Crippen LogP contribution in [0.3, 0.4) is 0 Å². The van der Waals surface area contributed by atoms with E-state index in [-0.39, 0.29) is 6.79 Å². The number of benzene rings is 1. The van der Waals surface area contributed by atoms with Crippen molar-refractivity contribution in [1.29, 1.82) is 0 Å². The number of rotatable bonds is 3. The number of nitrogens with one attached hydrogen (secondary N) is 1. The third-order valence-corrected chi connectivity index (χ3v) is 3.60. The highest BCUT2D eigenvalue weighted by Gasteiger charge is 2.15. The van der Waals surface area contributed by atoms with Crippen molar-refractivity contribution in [2.75, 3.05) is 43.3 Å². The number of aromatic nitrogens is 2. The van der Waals surface area contributed by atoms with Gasteiger partial charge in [-0.2, -0.15) is 4.98 Å². The van der Waals surface area contributed by atoms with E-state index in [1.807, 2.05) is 24.3 Å². The number of ether oxygens (including phenoxy) is 3. The van der Waals surface area contributed by atoms with E-state index in [9.17, 15) is 0 Å². The summed E-state index contributed by atoms with van der Waals surface area (Å²) in [6.45, 7) is 3.42. The Morgan fingerprint density at radius 2 is 1.91 bits per heavy atom. The van der Waals surface area contributed by atoms with Gasteiger partial charge in [0.1, 0.15) is 5.82 Å². The zero-order chi connectivity index (χ0) is 14.8. The first-order valence-corrected chi connectivity index (χ1v) is 7.21. The van der Waals surface area contributed by atoms with Crippen molar-refractivity contribution in [1.82, 2.24) is 9.97 Å². The molecule has 0 saturated carbocycles. The summed E-state index contributed by atoms with van der Waals surface area (Å²) in [6, 6.07) is 7.58. The lowest BCUT2D eigenvalue weighted by Crippen LogP contribution is -2.36. The van der Waals surface area contributed by atoms with Crippen LogP contribution in [-0.4, -0.2) is 43.1 Å². The standard InChI is InChI=1S/C15H16N4O3/c1-2-12-13(22-10-21-12)9-11(1)17-15-16-4-3-14(18-15)19-5-7-20-8-6-19/h1-4,9H,5-8,10H2,(H,16,17,18). The molecular weight excluding hydrogens is 284 g/mol. The molecule has 1 aromatic carbocycles. The molecule has 4 rings (SSSR count). The largest absolute Gasteiger partial charge is 0.454 e. The van der Waals surface area contributed by atoms with E-state index in [0.29, 0.717) is 5.95 Å². The Labute approximate surface area is 127 Å². The molecule has 1 N–H and O–H groups in total. The SMILES string of the molecule is c1cc(N2CCOCC2)nc(Nc2ccc3c(c2)OCO3)n1. The maximum Gasteiger partial charge on any atom is 0.231 e. The van der Waals surface area contributed by atoms with Crippen LogP contribution in [0.2, 0.25) is 0 Å². The van der Waals surface area contributed by atoms with E-state index < -0.39 is 0 Å². The number of hydrogen-bond acceptors (Lipinski definition) is 7. The van der Waals surface area contributed by atoms with Crippen LogP contribution >= 0.6 is 0 Å². The molecule has 0 spiro atoms. The third kappa shape index (κ3) is 2.62. The second kappa shape index (κ2) is 5.69. The molecule has 1 saturated heterocycles. The van der Waals surface area contributed by atoms with Crippen molar-refractivity contribution in [3.05, 3.63) is 30.5 Å². The van der Waals surface area contributed by atoms with Crippen LogP contribution in [0.4, 0.5) is 17.5 Å². The summed E-state index contributed by atoms with van der Waals surface area (Å²) in [5, 5.41) is 3.20. The van der Waals surface area contributed by atoms with E-state index in [1.54, 1.807) is 6.20 Å². The van der Waals surface area contributed by atoms with Gasteiger partial charge in [-0.25, -0.2) is 4.98 Å². The van der Waals surface area contributed by atoms with Gasteiger partial charge in [-0.1, -0.05) is 0 Å². The minimum absolute atomic E-state index is 0.266. The molecule has 2 aliphatic heterocycles. The van der Waals surface area contributed by atoms with Gasteiger partial charge in [0.25, 0.3) is 0 Å². The lowest BCUT2D eigenvalue weighted by atomic mass is 10.3. The minimum Gasteiger partial charge on any atom is -0.454 e. The van der Waals surface area contributed by atoms with Crippen LogP contribution < -0.4 is 19.7 Å². The Balaban J connectivity index is 1.53. The molecule has 0 aliphatic carbocycles. The molecule has 0 atom stereocenters. The van der Waals surface area contributed by atoms with E-state index in [0.717, 1.165) is 49.3 Å².